The summed E-state index contributed by atoms with van der Waals surface area (Å²) < 4.78 is 2.00. The Kier molecular flexibility index (Phi) is 4.53. The number of likely N-dealkylation sites (tertiary alicyclic amines) is 1. The number of amides is 1. The van der Waals surface area contributed by atoms with Gasteiger partial charge in [0.2, 0.25) is 5.91 Å². The number of carbonyl (C=O) groups excluding carboxylic acids is 1. The van der Waals surface area contributed by atoms with Crippen LogP contribution in [-0.2, 0) is 13.1 Å². The van der Waals surface area contributed by atoms with Crippen molar-refractivity contribution in [2.75, 3.05) is 6.54 Å². The van der Waals surface area contributed by atoms with Gasteiger partial charge in [-0.05, 0) is 43.1 Å². The Balaban J connectivity index is 1.71. The van der Waals surface area contributed by atoms with E-state index in [2.05, 4.69) is 16.1 Å². The molecule has 1 aliphatic heterocycles. The molecule has 2 N–H and O–H groups in total. The topological polar surface area (TPSA) is 64.2 Å². The van der Waals surface area contributed by atoms with Crippen molar-refractivity contribution in [1.82, 2.24) is 14.7 Å². The Labute approximate surface area is 130 Å². The minimum Gasteiger partial charge on any atom is -0.366 e. The van der Waals surface area contributed by atoms with E-state index in [1.165, 1.54) is 19.3 Å². The first kappa shape index (κ1) is 14.8. The number of carbonyl (C=O) groups is 1. The summed E-state index contributed by atoms with van der Waals surface area (Å²) in [6, 6.07) is 10.1. The van der Waals surface area contributed by atoms with Crippen LogP contribution in [0.15, 0.2) is 42.7 Å². The van der Waals surface area contributed by atoms with E-state index in [1.807, 2.05) is 35.3 Å². The van der Waals surface area contributed by atoms with Crippen molar-refractivity contribution >= 4 is 5.91 Å². The normalized spacial score (nSPS) is 19.2. The van der Waals surface area contributed by atoms with Crippen LogP contribution in [0, 0.1) is 0 Å². The summed E-state index contributed by atoms with van der Waals surface area (Å²) in [7, 11) is 0. The van der Waals surface area contributed by atoms with Gasteiger partial charge in [-0.1, -0.05) is 18.6 Å². The van der Waals surface area contributed by atoms with Crippen molar-refractivity contribution < 1.29 is 4.79 Å². The number of aromatic nitrogens is 2. The highest BCUT2D eigenvalue weighted by Gasteiger charge is 2.23. The standard InChI is InChI=1S/C17H22N4O/c18-17(22)15-6-3-5-14(11-15)12-20-9-2-1-7-16(20)13-21-10-4-8-19-21/h3-6,8,10-11,16H,1-2,7,9,12-13H2,(H2,18,22). The summed E-state index contributed by atoms with van der Waals surface area (Å²) in [5.74, 6) is -0.367. The first-order valence-electron chi connectivity index (χ1n) is 7.82. The SMILES string of the molecule is NC(=O)c1cccc(CN2CCCCC2Cn2cccn2)c1. The van der Waals surface area contributed by atoms with Gasteiger partial charge in [-0.3, -0.25) is 14.4 Å². The first-order valence-corrected chi connectivity index (χ1v) is 7.82. The van der Waals surface area contributed by atoms with Gasteiger partial charge in [0.1, 0.15) is 0 Å². The van der Waals surface area contributed by atoms with Gasteiger partial charge in [0, 0.05) is 30.5 Å². The highest BCUT2D eigenvalue weighted by atomic mass is 16.1. The molecule has 0 aliphatic carbocycles. The van der Waals surface area contributed by atoms with E-state index in [0.29, 0.717) is 11.6 Å². The van der Waals surface area contributed by atoms with Gasteiger partial charge >= 0.3 is 0 Å². The van der Waals surface area contributed by atoms with Crippen LogP contribution in [0.2, 0.25) is 0 Å². The number of rotatable bonds is 5. The molecule has 1 amide bonds. The molecule has 1 aliphatic rings. The second-order valence-electron chi connectivity index (χ2n) is 5.91. The van der Waals surface area contributed by atoms with E-state index in [0.717, 1.165) is 25.2 Å². The molecule has 0 saturated carbocycles. The maximum Gasteiger partial charge on any atom is 0.248 e. The molecule has 1 atom stereocenters. The largest absolute Gasteiger partial charge is 0.366 e. The molecule has 1 unspecified atom stereocenters. The Bertz CT molecular complexity index is 623. The molecule has 5 heteroatoms. The molecule has 1 fully saturated rings. The fraction of sp³-hybridized carbons (Fsp3) is 0.412. The number of hydrogen-bond donors (Lipinski definition) is 1. The number of benzene rings is 1. The molecular formula is C17H22N4O. The van der Waals surface area contributed by atoms with E-state index in [4.69, 9.17) is 5.73 Å². The smallest absolute Gasteiger partial charge is 0.248 e. The van der Waals surface area contributed by atoms with Crippen LogP contribution in [-0.4, -0.2) is 33.2 Å². The van der Waals surface area contributed by atoms with Crippen molar-refractivity contribution in [2.45, 2.75) is 38.4 Å². The third-order valence-corrected chi connectivity index (χ3v) is 4.30. The molecule has 1 aromatic heterocycles. The molecule has 3 rings (SSSR count). The van der Waals surface area contributed by atoms with Crippen LogP contribution >= 0.6 is 0 Å². The van der Waals surface area contributed by atoms with Crippen molar-refractivity contribution in [1.29, 1.82) is 0 Å². The minimum atomic E-state index is -0.367. The van der Waals surface area contributed by atoms with Crippen molar-refractivity contribution in [3.05, 3.63) is 53.9 Å². The fourth-order valence-corrected chi connectivity index (χ4v) is 3.16. The summed E-state index contributed by atoms with van der Waals surface area (Å²) in [5, 5.41) is 4.32. The molecule has 22 heavy (non-hydrogen) atoms. The predicted octanol–water partition coefficient (Wildman–Crippen LogP) is 2.04. The third-order valence-electron chi connectivity index (χ3n) is 4.30. The third kappa shape index (κ3) is 3.54. The van der Waals surface area contributed by atoms with Gasteiger partial charge in [0.25, 0.3) is 0 Å². The number of nitrogens with two attached hydrogens (primary N) is 1. The van der Waals surface area contributed by atoms with Crippen LogP contribution in [0.4, 0.5) is 0 Å². The molecule has 0 bridgehead atoms. The Morgan fingerprint density at radius 1 is 1.32 bits per heavy atom. The zero-order valence-electron chi connectivity index (χ0n) is 12.7. The molecule has 0 spiro atoms. The lowest BCUT2D eigenvalue weighted by molar-refractivity contribution is 0.0999. The minimum absolute atomic E-state index is 0.367. The zero-order chi connectivity index (χ0) is 15.4. The fourth-order valence-electron chi connectivity index (χ4n) is 3.16. The second kappa shape index (κ2) is 6.75. The van der Waals surface area contributed by atoms with Crippen LogP contribution in [0.3, 0.4) is 0 Å². The van der Waals surface area contributed by atoms with Crippen LogP contribution < -0.4 is 5.73 Å². The Morgan fingerprint density at radius 3 is 3.00 bits per heavy atom. The average Bonchev–Trinajstić information content (AvgIpc) is 3.02. The van der Waals surface area contributed by atoms with Crippen LogP contribution in [0.1, 0.15) is 35.2 Å². The van der Waals surface area contributed by atoms with Crippen molar-refractivity contribution in [2.24, 2.45) is 5.73 Å². The lowest BCUT2D eigenvalue weighted by atomic mass is 10.0. The number of primary amides is 1. The van der Waals surface area contributed by atoms with Crippen LogP contribution in [0.25, 0.3) is 0 Å². The molecule has 116 valence electrons. The summed E-state index contributed by atoms with van der Waals surface area (Å²) in [6.45, 7) is 2.86. The van der Waals surface area contributed by atoms with Gasteiger partial charge in [-0.2, -0.15) is 5.10 Å². The maximum absolute atomic E-state index is 11.3. The summed E-state index contributed by atoms with van der Waals surface area (Å²) >= 11 is 0. The van der Waals surface area contributed by atoms with Gasteiger partial charge in [-0.15, -0.1) is 0 Å². The van der Waals surface area contributed by atoms with Gasteiger partial charge < -0.3 is 5.73 Å². The Hall–Kier alpha value is -2.14. The maximum atomic E-state index is 11.3. The van der Waals surface area contributed by atoms with Crippen molar-refractivity contribution in [3.8, 4) is 0 Å². The molecule has 2 heterocycles. The lowest BCUT2D eigenvalue weighted by Gasteiger charge is -2.35. The van der Waals surface area contributed by atoms with E-state index >= 15 is 0 Å². The highest BCUT2D eigenvalue weighted by molar-refractivity contribution is 5.92. The van der Waals surface area contributed by atoms with Gasteiger partial charge in [-0.25, -0.2) is 0 Å². The monoisotopic (exact) mass is 298 g/mol. The highest BCUT2D eigenvalue weighted by Crippen LogP contribution is 2.21. The molecule has 0 radical (unpaired) electrons. The number of nitrogens with zero attached hydrogens (tertiary/aromatic N) is 3. The zero-order valence-corrected chi connectivity index (χ0v) is 12.7. The Morgan fingerprint density at radius 2 is 2.23 bits per heavy atom. The molecule has 1 aromatic carbocycles. The van der Waals surface area contributed by atoms with E-state index in [-0.39, 0.29) is 5.91 Å². The van der Waals surface area contributed by atoms with Gasteiger partial charge in [0.05, 0.1) is 6.54 Å². The van der Waals surface area contributed by atoms with E-state index in [1.54, 1.807) is 6.07 Å². The summed E-state index contributed by atoms with van der Waals surface area (Å²) in [5.41, 5.74) is 7.09. The average molecular weight is 298 g/mol. The molecular weight excluding hydrogens is 276 g/mol. The molecule has 1 saturated heterocycles. The number of piperidine rings is 1. The van der Waals surface area contributed by atoms with Crippen molar-refractivity contribution in [3.63, 3.8) is 0 Å². The van der Waals surface area contributed by atoms with Crippen LogP contribution in [0.5, 0.6) is 0 Å². The molecule has 5 nitrogen and oxygen atoms in total. The summed E-state index contributed by atoms with van der Waals surface area (Å²) in [6.07, 6.45) is 7.52. The second-order valence-corrected chi connectivity index (χ2v) is 5.91. The van der Waals surface area contributed by atoms with E-state index < -0.39 is 0 Å². The van der Waals surface area contributed by atoms with E-state index in [9.17, 15) is 4.79 Å². The quantitative estimate of drug-likeness (QED) is 0.918. The first-order chi connectivity index (χ1) is 10.7. The summed E-state index contributed by atoms with van der Waals surface area (Å²) in [4.78, 5) is 13.8. The predicted molar refractivity (Wildman–Crippen MR) is 85.2 cm³/mol. The molecule has 2 aromatic rings. The lowest BCUT2D eigenvalue weighted by Crippen LogP contribution is -2.41. The number of hydrogen-bond acceptors (Lipinski definition) is 3. The van der Waals surface area contributed by atoms with Gasteiger partial charge in [0.15, 0.2) is 0 Å².